The smallest absolute Gasteiger partial charge is 0.394 e. The predicted octanol–water partition coefficient (Wildman–Crippen LogP) is -3.38. The Bertz CT molecular complexity index is 658. The second-order valence-electron chi connectivity index (χ2n) is 8.27. The van der Waals surface area contributed by atoms with E-state index in [4.69, 9.17) is 18.5 Å². The lowest BCUT2D eigenvalue weighted by molar-refractivity contribution is -0.338. The molecule has 14 nitrogen and oxygen atoms in total. The Morgan fingerprint density at radius 1 is 0.765 bits per heavy atom. The van der Waals surface area contributed by atoms with Crippen LogP contribution in [0.2, 0.25) is 0 Å². The molecule has 0 aromatic carbocycles. The number of aliphatic hydroxyl groups is 8. The third kappa shape index (κ3) is 7.54. The summed E-state index contributed by atoms with van der Waals surface area (Å²) in [6.07, 6.45) is -17.8. The maximum absolute atomic E-state index is 12.4. The maximum atomic E-state index is 12.4. The van der Waals surface area contributed by atoms with E-state index in [0.717, 1.165) is 12.8 Å². The van der Waals surface area contributed by atoms with Crippen molar-refractivity contribution in [1.82, 2.24) is 0 Å². The molecule has 0 amide bonds. The molecule has 0 aromatic rings. The van der Waals surface area contributed by atoms with Gasteiger partial charge in [-0.05, 0) is 18.6 Å². The lowest BCUT2D eigenvalue weighted by Gasteiger charge is -2.47. The van der Waals surface area contributed by atoms with Crippen molar-refractivity contribution >= 4 is 20.5 Å². The molecule has 1 heterocycles. The molecule has 1 saturated heterocycles. The Hall–Kier alpha value is 0.0600. The molecule has 0 aromatic heterocycles. The summed E-state index contributed by atoms with van der Waals surface area (Å²) in [6.45, 7) is -0.954. The highest BCUT2D eigenvalue weighted by molar-refractivity contribution is 7.80. The molecule has 0 radical (unpaired) electrons. The first-order valence-electron chi connectivity index (χ1n) is 10.9. The minimum atomic E-state index is -4.86. The highest BCUT2D eigenvalue weighted by Crippen LogP contribution is 2.47. The van der Waals surface area contributed by atoms with Gasteiger partial charge in [0, 0.05) is 0 Å². The molecule has 2 fully saturated rings. The first-order valence-corrected chi connectivity index (χ1v) is 13.0. The van der Waals surface area contributed by atoms with Crippen LogP contribution in [0.5, 0.6) is 0 Å². The van der Waals surface area contributed by atoms with Gasteiger partial charge < -0.3 is 55.2 Å². The van der Waals surface area contributed by atoms with Crippen LogP contribution in [0.3, 0.4) is 0 Å². The second-order valence-corrected chi connectivity index (χ2v) is 10.1. The second kappa shape index (κ2) is 13.6. The summed E-state index contributed by atoms with van der Waals surface area (Å²) >= 11 is 4.08. The summed E-state index contributed by atoms with van der Waals surface area (Å²) in [5, 5.41) is 80.1. The summed E-state index contributed by atoms with van der Waals surface area (Å²) in [7, 11) is -4.86. The largest absolute Gasteiger partial charge is 0.472 e. The van der Waals surface area contributed by atoms with Crippen LogP contribution in [0.15, 0.2) is 0 Å². The normalized spacial score (nSPS) is 42.9. The average molecular weight is 539 g/mol. The zero-order valence-electron chi connectivity index (χ0n) is 18.3. The molecule has 12 atom stereocenters. The molecule has 202 valence electrons. The molecule has 6 unspecified atom stereocenters. The fourth-order valence-corrected chi connectivity index (χ4v) is 4.92. The maximum Gasteiger partial charge on any atom is 0.472 e. The number of rotatable bonds is 12. The zero-order chi connectivity index (χ0) is 25.6. The van der Waals surface area contributed by atoms with Crippen molar-refractivity contribution in [2.24, 2.45) is 0 Å². The van der Waals surface area contributed by atoms with E-state index in [1.165, 1.54) is 0 Å². The molecule has 2 aliphatic rings. The van der Waals surface area contributed by atoms with E-state index < -0.39 is 81.8 Å². The van der Waals surface area contributed by atoms with Gasteiger partial charge in [-0.2, -0.15) is 12.6 Å². The average Bonchev–Trinajstić information content (AvgIpc) is 2.80. The van der Waals surface area contributed by atoms with E-state index in [1.54, 1.807) is 0 Å². The molecule has 2 rings (SSSR count). The van der Waals surface area contributed by atoms with Crippen molar-refractivity contribution in [3.63, 3.8) is 0 Å². The summed E-state index contributed by atoms with van der Waals surface area (Å²) in [5.74, 6) is 0.703. The Morgan fingerprint density at radius 3 is 1.91 bits per heavy atom. The van der Waals surface area contributed by atoms with Crippen molar-refractivity contribution < 1.29 is 68.8 Å². The summed E-state index contributed by atoms with van der Waals surface area (Å²) in [4.78, 5) is 10.1. The fraction of sp³-hybridized carbons (Fsp3) is 1.00. The standard InChI is InChI=1S/C18H35O14PS/c19-7-8-9(20)10(21)15(26)18(30-8)31-16-13(24)11(22)12(23)14(25)17(16)32-33(27,28)29-5-3-1-2-4-6-34/h8-26,34H,1-7H2,(H,27,28)/t8?,9-,10?,11+,12?,13-,14?,15-,16?,17+,18-/m1/s1. The molecule has 9 N–H and O–H groups in total. The van der Waals surface area contributed by atoms with Gasteiger partial charge in [0.1, 0.15) is 61.0 Å². The first kappa shape index (κ1) is 30.3. The number of phosphoric acid groups is 1. The van der Waals surface area contributed by atoms with E-state index in [-0.39, 0.29) is 6.61 Å². The highest BCUT2D eigenvalue weighted by atomic mass is 32.1. The third-order valence-corrected chi connectivity index (χ3v) is 7.08. The fourth-order valence-electron chi connectivity index (χ4n) is 3.73. The Labute approximate surface area is 201 Å². The number of aliphatic hydroxyl groups excluding tert-OH is 8. The van der Waals surface area contributed by atoms with Crippen LogP contribution in [0.1, 0.15) is 25.7 Å². The quantitative estimate of drug-likeness (QED) is 0.0663. The minimum Gasteiger partial charge on any atom is -0.394 e. The predicted molar refractivity (Wildman–Crippen MR) is 116 cm³/mol. The van der Waals surface area contributed by atoms with Crippen molar-refractivity contribution in [3.05, 3.63) is 0 Å². The number of hydrogen-bond donors (Lipinski definition) is 10. The SMILES string of the molecule is O=P(O)(OCCCCCCS)O[C@H]1C(O)C(O)[C@H](O)[C@@H](O)C1O[C@H]1OC(CO)[C@@H](O)C(O)[C@H]1O. The van der Waals surface area contributed by atoms with Crippen LogP contribution >= 0.6 is 20.5 Å². The van der Waals surface area contributed by atoms with Crippen molar-refractivity contribution in [2.75, 3.05) is 19.0 Å². The van der Waals surface area contributed by atoms with E-state index in [2.05, 4.69) is 12.6 Å². The number of phosphoric ester groups is 1. The summed E-state index contributed by atoms with van der Waals surface area (Å²) in [6, 6.07) is 0. The zero-order valence-corrected chi connectivity index (χ0v) is 20.1. The summed E-state index contributed by atoms with van der Waals surface area (Å²) < 4.78 is 32.8. The number of ether oxygens (including phenoxy) is 2. The highest BCUT2D eigenvalue weighted by Gasteiger charge is 2.55. The van der Waals surface area contributed by atoms with Gasteiger partial charge in [0.25, 0.3) is 0 Å². The topological polar surface area (TPSA) is 236 Å². The molecule has 1 saturated carbocycles. The number of thiol groups is 1. The third-order valence-electron chi connectivity index (χ3n) is 5.75. The molecule has 34 heavy (non-hydrogen) atoms. The molecular formula is C18H35O14PS. The van der Waals surface area contributed by atoms with Gasteiger partial charge in [0.05, 0.1) is 13.2 Å². The van der Waals surface area contributed by atoms with Gasteiger partial charge >= 0.3 is 7.82 Å². The lowest BCUT2D eigenvalue weighted by Crippen LogP contribution is -2.67. The van der Waals surface area contributed by atoms with Crippen LogP contribution in [-0.2, 0) is 23.1 Å². The minimum absolute atomic E-state index is 0.171. The van der Waals surface area contributed by atoms with Crippen LogP contribution in [0, 0.1) is 0 Å². The van der Waals surface area contributed by atoms with Crippen LogP contribution in [0.4, 0.5) is 0 Å². The Balaban J connectivity index is 2.13. The van der Waals surface area contributed by atoms with E-state index in [1.807, 2.05) is 0 Å². The van der Waals surface area contributed by atoms with Crippen LogP contribution < -0.4 is 0 Å². The number of unbranched alkanes of at least 4 members (excludes halogenated alkanes) is 3. The van der Waals surface area contributed by atoms with Crippen molar-refractivity contribution in [1.29, 1.82) is 0 Å². The van der Waals surface area contributed by atoms with Crippen LogP contribution in [-0.4, -0.2) is 132 Å². The first-order chi connectivity index (χ1) is 15.9. The Morgan fingerprint density at radius 2 is 1.32 bits per heavy atom. The van der Waals surface area contributed by atoms with Gasteiger partial charge in [-0.1, -0.05) is 12.8 Å². The molecule has 1 aliphatic heterocycles. The lowest BCUT2D eigenvalue weighted by atomic mass is 9.84. The Kier molecular flexibility index (Phi) is 12.1. The van der Waals surface area contributed by atoms with Gasteiger partial charge in [0.15, 0.2) is 6.29 Å². The molecule has 16 heteroatoms. The van der Waals surface area contributed by atoms with E-state index in [0.29, 0.717) is 18.6 Å². The van der Waals surface area contributed by atoms with Gasteiger partial charge in [-0.25, -0.2) is 4.57 Å². The van der Waals surface area contributed by atoms with E-state index >= 15 is 0 Å². The molecule has 0 spiro atoms. The monoisotopic (exact) mass is 538 g/mol. The van der Waals surface area contributed by atoms with Crippen molar-refractivity contribution in [3.8, 4) is 0 Å². The molecule has 0 bridgehead atoms. The molecule has 1 aliphatic carbocycles. The van der Waals surface area contributed by atoms with Crippen LogP contribution in [0.25, 0.3) is 0 Å². The van der Waals surface area contributed by atoms with Gasteiger partial charge in [-0.3, -0.25) is 9.05 Å². The summed E-state index contributed by atoms with van der Waals surface area (Å²) in [5.41, 5.74) is 0. The molecular weight excluding hydrogens is 503 g/mol. The van der Waals surface area contributed by atoms with E-state index in [9.17, 15) is 50.3 Å². The van der Waals surface area contributed by atoms with Crippen molar-refractivity contribution in [2.45, 2.75) is 93.0 Å². The van der Waals surface area contributed by atoms with Gasteiger partial charge in [-0.15, -0.1) is 0 Å². The number of hydrogen-bond acceptors (Lipinski definition) is 14. The van der Waals surface area contributed by atoms with Gasteiger partial charge in [0.2, 0.25) is 0 Å².